The van der Waals surface area contributed by atoms with Crippen LogP contribution in [-0.4, -0.2) is 10.9 Å². The number of hydrogen-bond donors (Lipinski definition) is 2. The lowest BCUT2D eigenvalue weighted by atomic mass is 10.2. The SMILES string of the molecule is Nc1cc(-c2cccc(F)c2)sc1C(=O)Nc1ccncc1. The van der Waals surface area contributed by atoms with Crippen LogP contribution in [0.5, 0.6) is 0 Å². The second-order valence-electron chi connectivity index (χ2n) is 4.60. The number of nitrogens with zero attached hydrogens (tertiary/aromatic N) is 1. The number of nitrogens with one attached hydrogen (secondary N) is 1. The summed E-state index contributed by atoms with van der Waals surface area (Å²) in [5, 5.41) is 2.75. The Kier molecular flexibility index (Phi) is 3.84. The molecule has 0 atom stereocenters. The summed E-state index contributed by atoms with van der Waals surface area (Å²) >= 11 is 1.23. The molecule has 6 heteroatoms. The van der Waals surface area contributed by atoms with E-state index in [-0.39, 0.29) is 11.7 Å². The van der Waals surface area contributed by atoms with E-state index < -0.39 is 0 Å². The van der Waals surface area contributed by atoms with E-state index in [1.807, 2.05) is 0 Å². The molecule has 0 aliphatic rings. The van der Waals surface area contributed by atoms with Gasteiger partial charge >= 0.3 is 0 Å². The van der Waals surface area contributed by atoms with E-state index in [9.17, 15) is 9.18 Å². The molecule has 0 fully saturated rings. The predicted molar refractivity (Wildman–Crippen MR) is 86.3 cm³/mol. The third kappa shape index (κ3) is 2.96. The average Bonchev–Trinajstić information content (AvgIpc) is 2.90. The molecule has 0 radical (unpaired) electrons. The largest absolute Gasteiger partial charge is 0.397 e. The Morgan fingerprint density at radius 2 is 1.95 bits per heavy atom. The zero-order valence-corrected chi connectivity index (χ0v) is 12.2. The Labute approximate surface area is 130 Å². The average molecular weight is 313 g/mol. The van der Waals surface area contributed by atoms with Crippen LogP contribution in [0.2, 0.25) is 0 Å². The molecule has 0 aliphatic carbocycles. The fourth-order valence-electron chi connectivity index (χ4n) is 1.99. The second-order valence-corrected chi connectivity index (χ2v) is 5.65. The van der Waals surface area contributed by atoms with Crippen molar-refractivity contribution in [2.75, 3.05) is 11.1 Å². The minimum Gasteiger partial charge on any atom is -0.397 e. The Hall–Kier alpha value is -2.73. The first-order valence-electron chi connectivity index (χ1n) is 6.50. The molecule has 0 saturated carbocycles. The Balaban J connectivity index is 1.88. The number of benzene rings is 1. The van der Waals surface area contributed by atoms with Crippen molar-refractivity contribution in [1.29, 1.82) is 0 Å². The molecule has 1 aromatic carbocycles. The first kappa shape index (κ1) is 14.2. The molecular formula is C16H12FN3OS. The van der Waals surface area contributed by atoms with Crippen LogP contribution in [0.25, 0.3) is 10.4 Å². The molecule has 3 rings (SSSR count). The first-order chi connectivity index (χ1) is 10.6. The fourth-order valence-corrected chi connectivity index (χ4v) is 2.96. The highest BCUT2D eigenvalue weighted by molar-refractivity contribution is 7.18. The summed E-state index contributed by atoms with van der Waals surface area (Å²) in [5.41, 5.74) is 7.62. The van der Waals surface area contributed by atoms with Crippen LogP contribution in [-0.2, 0) is 0 Å². The van der Waals surface area contributed by atoms with Crippen LogP contribution in [0.1, 0.15) is 9.67 Å². The molecule has 1 amide bonds. The molecule has 3 N–H and O–H groups in total. The van der Waals surface area contributed by atoms with Gasteiger partial charge in [-0.2, -0.15) is 0 Å². The topological polar surface area (TPSA) is 68.0 Å². The number of pyridine rings is 1. The van der Waals surface area contributed by atoms with Gasteiger partial charge in [0.05, 0.1) is 5.69 Å². The maximum absolute atomic E-state index is 13.3. The highest BCUT2D eigenvalue weighted by Crippen LogP contribution is 2.33. The van der Waals surface area contributed by atoms with Crippen LogP contribution in [0, 0.1) is 5.82 Å². The molecule has 22 heavy (non-hydrogen) atoms. The van der Waals surface area contributed by atoms with Gasteiger partial charge in [-0.25, -0.2) is 4.39 Å². The van der Waals surface area contributed by atoms with Crippen LogP contribution in [0.15, 0.2) is 54.9 Å². The predicted octanol–water partition coefficient (Wildman–Crippen LogP) is 3.78. The van der Waals surface area contributed by atoms with Gasteiger partial charge in [0.15, 0.2) is 0 Å². The molecule has 0 saturated heterocycles. The zero-order valence-electron chi connectivity index (χ0n) is 11.4. The molecule has 3 aromatic rings. The molecular weight excluding hydrogens is 301 g/mol. The van der Waals surface area contributed by atoms with Crippen LogP contribution >= 0.6 is 11.3 Å². The van der Waals surface area contributed by atoms with E-state index in [1.54, 1.807) is 42.7 Å². The molecule has 2 heterocycles. The van der Waals surface area contributed by atoms with Crippen LogP contribution in [0.3, 0.4) is 0 Å². The van der Waals surface area contributed by atoms with E-state index in [1.165, 1.54) is 23.5 Å². The summed E-state index contributed by atoms with van der Waals surface area (Å²) in [5.74, 6) is -0.622. The van der Waals surface area contributed by atoms with Crippen molar-refractivity contribution in [3.05, 3.63) is 65.6 Å². The van der Waals surface area contributed by atoms with Crippen LogP contribution < -0.4 is 11.1 Å². The third-order valence-electron chi connectivity index (χ3n) is 3.01. The number of nitrogens with two attached hydrogens (primary N) is 1. The van der Waals surface area contributed by atoms with Gasteiger partial charge in [0, 0.05) is 23.0 Å². The molecule has 0 unspecified atom stereocenters. The fraction of sp³-hybridized carbons (Fsp3) is 0. The maximum Gasteiger partial charge on any atom is 0.267 e. The lowest BCUT2D eigenvalue weighted by Crippen LogP contribution is -2.11. The molecule has 4 nitrogen and oxygen atoms in total. The van der Waals surface area contributed by atoms with Gasteiger partial charge in [-0.15, -0.1) is 11.3 Å². The molecule has 0 spiro atoms. The lowest BCUT2D eigenvalue weighted by Gasteiger charge is -2.03. The summed E-state index contributed by atoms with van der Waals surface area (Å²) in [6.45, 7) is 0. The number of halogens is 1. The summed E-state index contributed by atoms with van der Waals surface area (Å²) < 4.78 is 13.3. The summed E-state index contributed by atoms with van der Waals surface area (Å²) in [6.07, 6.45) is 3.18. The van der Waals surface area contributed by atoms with Gasteiger partial charge < -0.3 is 11.1 Å². The van der Waals surface area contributed by atoms with E-state index in [4.69, 9.17) is 5.73 Å². The molecule has 0 bridgehead atoms. The van der Waals surface area contributed by atoms with E-state index in [0.29, 0.717) is 21.8 Å². The maximum atomic E-state index is 13.3. The first-order valence-corrected chi connectivity index (χ1v) is 7.32. The van der Waals surface area contributed by atoms with Gasteiger partial charge in [0.1, 0.15) is 10.7 Å². The number of carbonyl (C=O) groups excluding carboxylic acids is 1. The number of anilines is 2. The quantitative estimate of drug-likeness (QED) is 0.773. The van der Waals surface area contributed by atoms with E-state index in [0.717, 1.165) is 4.88 Å². The Morgan fingerprint density at radius 3 is 2.68 bits per heavy atom. The van der Waals surface area contributed by atoms with Crippen molar-refractivity contribution in [1.82, 2.24) is 4.98 Å². The molecule has 110 valence electrons. The van der Waals surface area contributed by atoms with Crippen molar-refractivity contribution in [3.8, 4) is 10.4 Å². The molecule has 0 aliphatic heterocycles. The number of carbonyl (C=O) groups is 1. The van der Waals surface area contributed by atoms with Crippen LogP contribution in [0.4, 0.5) is 15.8 Å². The normalized spacial score (nSPS) is 10.4. The smallest absolute Gasteiger partial charge is 0.267 e. The summed E-state index contributed by atoms with van der Waals surface area (Å²) in [6, 6.07) is 11.2. The second kappa shape index (κ2) is 5.95. The number of aromatic nitrogens is 1. The lowest BCUT2D eigenvalue weighted by molar-refractivity contribution is 0.103. The van der Waals surface area contributed by atoms with E-state index in [2.05, 4.69) is 10.3 Å². The van der Waals surface area contributed by atoms with E-state index >= 15 is 0 Å². The number of amides is 1. The Bertz CT molecular complexity index is 817. The van der Waals surface area contributed by atoms with Crippen molar-refractivity contribution >= 4 is 28.6 Å². The van der Waals surface area contributed by atoms with Gasteiger partial charge in [0.25, 0.3) is 5.91 Å². The number of thiophene rings is 1. The highest BCUT2D eigenvalue weighted by Gasteiger charge is 2.15. The van der Waals surface area contributed by atoms with Crippen molar-refractivity contribution in [3.63, 3.8) is 0 Å². The Morgan fingerprint density at radius 1 is 1.18 bits per heavy atom. The summed E-state index contributed by atoms with van der Waals surface area (Å²) in [4.78, 5) is 17.3. The van der Waals surface area contributed by atoms with Crippen molar-refractivity contribution in [2.45, 2.75) is 0 Å². The van der Waals surface area contributed by atoms with Crippen molar-refractivity contribution < 1.29 is 9.18 Å². The highest BCUT2D eigenvalue weighted by atomic mass is 32.1. The number of nitrogen functional groups attached to an aromatic ring is 1. The van der Waals surface area contributed by atoms with Gasteiger partial charge in [0.2, 0.25) is 0 Å². The van der Waals surface area contributed by atoms with Gasteiger partial charge in [-0.3, -0.25) is 9.78 Å². The minimum absolute atomic E-state index is 0.295. The number of rotatable bonds is 3. The van der Waals surface area contributed by atoms with Gasteiger partial charge in [-0.05, 0) is 35.9 Å². The monoisotopic (exact) mass is 313 g/mol. The summed E-state index contributed by atoms with van der Waals surface area (Å²) in [7, 11) is 0. The molecule has 2 aromatic heterocycles. The zero-order chi connectivity index (χ0) is 15.5. The third-order valence-corrected chi connectivity index (χ3v) is 4.21. The van der Waals surface area contributed by atoms with Crippen molar-refractivity contribution in [2.24, 2.45) is 0 Å². The standard InChI is InChI=1S/C16H12FN3OS/c17-11-3-1-2-10(8-11)14-9-13(18)15(22-14)16(21)20-12-4-6-19-7-5-12/h1-9H,18H2,(H,19,20,21). The van der Waals surface area contributed by atoms with Gasteiger partial charge in [-0.1, -0.05) is 12.1 Å². The minimum atomic E-state index is -0.327. The number of hydrogen-bond acceptors (Lipinski definition) is 4.